The van der Waals surface area contributed by atoms with Crippen LogP contribution in [0.15, 0.2) is 47.5 Å². The van der Waals surface area contributed by atoms with E-state index in [1.54, 1.807) is 37.4 Å². The van der Waals surface area contributed by atoms with Crippen LogP contribution < -0.4 is 4.72 Å². The number of aliphatic hydroxyl groups is 1. The van der Waals surface area contributed by atoms with E-state index in [0.29, 0.717) is 17.8 Å². The zero-order valence-electron chi connectivity index (χ0n) is 11.1. The van der Waals surface area contributed by atoms with Crippen molar-refractivity contribution in [2.24, 2.45) is 0 Å². The largest absolute Gasteiger partial charge is 0.396 e. The molecule has 0 aliphatic rings. The van der Waals surface area contributed by atoms with Crippen molar-refractivity contribution in [1.29, 1.82) is 0 Å². The molecule has 2 N–H and O–H groups in total. The fourth-order valence-electron chi connectivity index (χ4n) is 1.76. The van der Waals surface area contributed by atoms with Gasteiger partial charge in [0.1, 0.15) is 0 Å². The maximum Gasteiger partial charge on any atom is 0.261 e. The van der Waals surface area contributed by atoms with Crippen LogP contribution in [0.3, 0.4) is 0 Å². The lowest BCUT2D eigenvalue weighted by atomic mass is 10.2. The highest BCUT2D eigenvalue weighted by Gasteiger charge is 2.15. The fraction of sp³-hybridized carbons (Fsp3) is 0.214. The highest BCUT2D eigenvalue weighted by molar-refractivity contribution is 7.92. The quantitative estimate of drug-likeness (QED) is 0.879. The van der Waals surface area contributed by atoms with Gasteiger partial charge in [-0.15, -0.1) is 0 Å². The van der Waals surface area contributed by atoms with Crippen LogP contribution >= 0.6 is 0 Å². The summed E-state index contributed by atoms with van der Waals surface area (Å²) in [6, 6.07) is 9.79. The van der Waals surface area contributed by atoms with Crippen LogP contribution in [0.25, 0.3) is 0 Å². The number of nitrogens with zero attached hydrogens (tertiary/aromatic N) is 1. The molecule has 0 amide bonds. The number of anilines is 1. The number of aryl methyl sites for hydroxylation is 1. The van der Waals surface area contributed by atoms with Crippen LogP contribution in [-0.4, -0.2) is 25.1 Å². The van der Waals surface area contributed by atoms with Crippen molar-refractivity contribution in [1.82, 2.24) is 4.98 Å². The maximum absolute atomic E-state index is 12.2. The summed E-state index contributed by atoms with van der Waals surface area (Å²) in [4.78, 5) is 4.22. The number of nitrogens with one attached hydrogen (secondary N) is 1. The molecule has 20 heavy (non-hydrogen) atoms. The van der Waals surface area contributed by atoms with Gasteiger partial charge in [0.05, 0.1) is 16.3 Å². The van der Waals surface area contributed by atoms with Crippen molar-refractivity contribution in [3.63, 3.8) is 0 Å². The summed E-state index contributed by atoms with van der Waals surface area (Å²) < 4.78 is 27.0. The Morgan fingerprint density at radius 3 is 2.50 bits per heavy atom. The summed E-state index contributed by atoms with van der Waals surface area (Å²) in [7, 11) is -3.62. The van der Waals surface area contributed by atoms with Crippen molar-refractivity contribution in [3.05, 3.63) is 53.9 Å². The Morgan fingerprint density at radius 2 is 1.90 bits per heavy atom. The van der Waals surface area contributed by atoms with E-state index in [1.165, 1.54) is 12.1 Å². The normalized spacial score (nSPS) is 11.3. The minimum absolute atomic E-state index is 0.0409. The smallest absolute Gasteiger partial charge is 0.261 e. The molecule has 0 aliphatic carbocycles. The average molecular weight is 292 g/mol. The molecule has 1 aromatic heterocycles. The van der Waals surface area contributed by atoms with Crippen molar-refractivity contribution in [2.75, 3.05) is 11.3 Å². The number of aliphatic hydroxyl groups excluding tert-OH is 1. The molecular formula is C14H16N2O3S. The molecule has 0 bridgehead atoms. The van der Waals surface area contributed by atoms with Gasteiger partial charge in [0.2, 0.25) is 0 Å². The molecule has 0 saturated carbocycles. The zero-order chi connectivity index (χ0) is 14.6. The van der Waals surface area contributed by atoms with Crippen LogP contribution in [-0.2, 0) is 16.4 Å². The standard InChI is InChI=1S/C14H16N2O3S/c1-11-14(3-2-9-15-11)16-20(18,19)13-6-4-12(5-7-13)8-10-17/h2-7,9,16-17H,8,10H2,1H3. The second kappa shape index (κ2) is 6.02. The maximum atomic E-state index is 12.2. The Morgan fingerprint density at radius 1 is 1.20 bits per heavy atom. The van der Waals surface area contributed by atoms with E-state index in [9.17, 15) is 8.42 Å². The third-order valence-electron chi connectivity index (χ3n) is 2.89. The Kier molecular flexibility index (Phi) is 4.36. The van der Waals surface area contributed by atoms with Gasteiger partial charge in [0.15, 0.2) is 0 Å². The zero-order valence-corrected chi connectivity index (χ0v) is 11.9. The summed E-state index contributed by atoms with van der Waals surface area (Å²) >= 11 is 0. The van der Waals surface area contributed by atoms with E-state index < -0.39 is 10.0 Å². The van der Waals surface area contributed by atoms with Gasteiger partial charge >= 0.3 is 0 Å². The van der Waals surface area contributed by atoms with Gasteiger partial charge in [-0.05, 0) is 43.2 Å². The second-order valence-electron chi connectivity index (χ2n) is 4.36. The lowest BCUT2D eigenvalue weighted by molar-refractivity contribution is 0.299. The Hall–Kier alpha value is -1.92. The number of benzene rings is 1. The van der Waals surface area contributed by atoms with Crippen molar-refractivity contribution >= 4 is 15.7 Å². The number of aromatic nitrogens is 1. The predicted octanol–water partition coefficient (Wildman–Crippen LogP) is 1.73. The molecule has 2 aromatic rings. The number of hydrogen-bond acceptors (Lipinski definition) is 4. The number of pyridine rings is 1. The number of sulfonamides is 1. The molecule has 0 fully saturated rings. The highest BCUT2D eigenvalue weighted by Crippen LogP contribution is 2.18. The predicted molar refractivity (Wildman–Crippen MR) is 77.0 cm³/mol. The molecule has 6 heteroatoms. The highest BCUT2D eigenvalue weighted by atomic mass is 32.2. The summed E-state index contributed by atoms with van der Waals surface area (Å²) in [5, 5.41) is 8.84. The van der Waals surface area contributed by atoms with Crippen molar-refractivity contribution < 1.29 is 13.5 Å². The van der Waals surface area contributed by atoms with Crippen LogP contribution in [0.1, 0.15) is 11.3 Å². The molecule has 2 rings (SSSR count). The van der Waals surface area contributed by atoms with E-state index >= 15 is 0 Å². The minimum atomic E-state index is -3.62. The first-order valence-electron chi connectivity index (χ1n) is 6.17. The van der Waals surface area contributed by atoms with Gasteiger partial charge in [-0.2, -0.15) is 0 Å². The molecule has 0 saturated heterocycles. The van der Waals surface area contributed by atoms with E-state index in [2.05, 4.69) is 9.71 Å². The molecular weight excluding hydrogens is 276 g/mol. The van der Waals surface area contributed by atoms with E-state index in [0.717, 1.165) is 5.56 Å². The first-order chi connectivity index (χ1) is 9.53. The first-order valence-corrected chi connectivity index (χ1v) is 7.65. The molecule has 0 radical (unpaired) electrons. The lowest BCUT2D eigenvalue weighted by Crippen LogP contribution is -2.14. The van der Waals surface area contributed by atoms with E-state index in [4.69, 9.17) is 5.11 Å². The van der Waals surface area contributed by atoms with Crippen molar-refractivity contribution in [3.8, 4) is 0 Å². The summed E-state index contributed by atoms with van der Waals surface area (Å²) in [5.41, 5.74) is 1.98. The van der Waals surface area contributed by atoms with Crippen LogP contribution in [0.2, 0.25) is 0 Å². The fourth-order valence-corrected chi connectivity index (χ4v) is 2.88. The lowest BCUT2D eigenvalue weighted by Gasteiger charge is -2.10. The Bertz CT molecular complexity index is 682. The molecule has 0 unspecified atom stereocenters. The van der Waals surface area contributed by atoms with Gasteiger partial charge in [-0.25, -0.2) is 8.42 Å². The molecule has 0 aliphatic heterocycles. The molecule has 106 valence electrons. The summed E-state index contributed by atoms with van der Waals surface area (Å²) in [6.07, 6.45) is 2.12. The topological polar surface area (TPSA) is 79.3 Å². The van der Waals surface area contributed by atoms with Gasteiger partial charge in [-0.1, -0.05) is 12.1 Å². The Labute approximate surface area is 118 Å². The van der Waals surface area contributed by atoms with Crippen LogP contribution in [0.4, 0.5) is 5.69 Å². The third-order valence-corrected chi connectivity index (χ3v) is 4.27. The second-order valence-corrected chi connectivity index (χ2v) is 6.04. The first kappa shape index (κ1) is 14.5. The van der Waals surface area contributed by atoms with Crippen LogP contribution in [0.5, 0.6) is 0 Å². The molecule has 0 atom stereocenters. The summed E-state index contributed by atoms with van der Waals surface area (Å²) in [5.74, 6) is 0. The van der Waals surface area contributed by atoms with E-state index in [-0.39, 0.29) is 11.5 Å². The van der Waals surface area contributed by atoms with E-state index in [1.807, 2.05) is 0 Å². The average Bonchev–Trinajstić information content (AvgIpc) is 2.42. The molecule has 0 spiro atoms. The van der Waals surface area contributed by atoms with Crippen molar-refractivity contribution in [2.45, 2.75) is 18.2 Å². The number of hydrogen-bond donors (Lipinski definition) is 2. The Balaban J connectivity index is 2.24. The molecule has 1 aromatic carbocycles. The molecule has 1 heterocycles. The SMILES string of the molecule is Cc1ncccc1NS(=O)(=O)c1ccc(CCO)cc1. The molecule has 5 nitrogen and oxygen atoms in total. The van der Waals surface area contributed by atoms with Gasteiger partial charge < -0.3 is 5.11 Å². The van der Waals surface area contributed by atoms with Gasteiger partial charge in [0.25, 0.3) is 10.0 Å². The van der Waals surface area contributed by atoms with Crippen LogP contribution in [0, 0.1) is 6.92 Å². The number of rotatable bonds is 5. The van der Waals surface area contributed by atoms with Gasteiger partial charge in [-0.3, -0.25) is 9.71 Å². The summed E-state index contributed by atoms with van der Waals surface area (Å²) in [6.45, 7) is 1.78. The minimum Gasteiger partial charge on any atom is -0.396 e. The third kappa shape index (κ3) is 3.34. The van der Waals surface area contributed by atoms with Gasteiger partial charge in [0, 0.05) is 12.8 Å². The monoisotopic (exact) mass is 292 g/mol.